The summed E-state index contributed by atoms with van der Waals surface area (Å²) in [6, 6.07) is 9.47. The van der Waals surface area contributed by atoms with E-state index in [-0.39, 0.29) is 17.7 Å². The fourth-order valence-corrected chi connectivity index (χ4v) is 2.79. The van der Waals surface area contributed by atoms with E-state index >= 15 is 0 Å². The molecule has 6 heteroatoms. The third kappa shape index (κ3) is 6.00. The molecule has 1 N–H and O–H groups in total. The van der Waals surface area contributed by atoms with Crippen LogP contribution in [0.15, 0.2) is 41.4 Å². The summed E-state index contributed by atoms with van der Waals surface area (Å²) in [4.78, 5) is 26.0. The van der Waals surface area contributed by atoms with Gasteiger partial charge in [-0.1, -0.05) is 40.7 Å². The van der Waals surface area contributed by atoms with Gasteiger partial charge in [0.1, 0.15) is 5.75 Å². The number of halogens is 1. The molecule has 1 aromatic rings. The fraction of sp³-hybridized carbons (Fsp3) is 0.444. The number of nitrogens with one attached hydrogen (secondary N) is 1. The summed E-state index contributed by atoms with van der Waals surface area (Å²) in [6.07, 6.45) is 1.76. The summed E-state index contributed by atoms with van der Waals surface area (Å²) >= 11 is 3.22. The number of rotatable bonds is 7. The highest BCUT2D eigenvalue weighted by Gasteiger charge is 2.26. The molecule has 1 aliphatic rings. The first-order valence-corrected chi connectivity index (χ1v) is 8.92. The van der Waals surface area contributed by atoms with E-state index in [4.69, 9.17) is 4.74 Å². The van der Waals surface area contributed by atoms with Gasteiger partial charge in [0, 0.05) is 30.0 Å². The Bertz CT molecular complexity index is 569. The van der Waals surface area contributed by atoms with Crippen molar-refractivity contribution in [3.05, 3.63) is 41.4 Å². The lowest BCUT2D eigenvalue weighted by Gasteiger charge is -2.31. The minimum atomic E-state index is -0.0264. The van der Waals surface area contributed by atoms with Crippen LogP contribution in [0.2, 0.25) is 0 Å². The van der Waals surface area contributed by atoms with Crippen molar-refractivity contribution < 1.29 is 14.3 Å². The number of benzene rings is 1. The van der Waals surface area contributed by atoms with E-state index in [1.165, 1.54) is 0 Å². The van der Waals surface area contributed by atoms with Gasteiger partial charge in [-0.25, -0.2) is 0 Å². The zero-order valence-electron chi connectivity index (χ0n) is 13.7. The van der Waals surface area contributed by atoms with Gasteiger partial charge in [-0.05, 0) is 25.0 Å². The van der Waals surface area contributed by atoms with Crippen LogP contribution in [-0.4, -0.2) is 43.0 Å². The number of amides is 2. The molecule has 5 nitrogen and oxygen atoms in total. The molecule has 130 valence electrons. The van der Waals surface area contributed by atoms with Gasteiger partial charge in [0.25, 0.3) is 0 Å². The van der Waals surface area contributed by atoms with Crippen LogP contribution in [0, 0.1) is 5.92 Å². The largest absolute Gasteiger partial charge is 0.493 e. The monoisotopic (exact) mass is 394 g/mol. The molecule has 0 spiro atoms. The van der Waals surface area contributed by atoms with Gasteiger partial charge in [0.05, 0.1) is 13.0 Å². The summed E-state index contributed by atoms with van der Waals surface area (Å²) in [6.45, 7) is 5.75. The maximum absolute atomic E-state index is 12.2. The van der Waals surface area contributed by atoms with Gasteiger partial charge in [0.2, 0.25) is 11.8 Å². The Balaban J connectivity index is 1.67. The molecule has 24 heavy (non-hydrogen) atoms. The quantitative estimate of drug-likeness (QED) is 0.773. The third-order valence-corrected chi connectivity index (χ3v) is 4.28. The lowest BCUT2D eigenvalue weighted by molar-refractivity contribution is -0.136. The number of ether oxygens (including phenoxy) is 1. The number of carbonyl (C=O) groups excluding carboxylic acids is 2. The predicted octanol–water partition coefficient (Wildman–Crippen LogP) is 2.72. The molecule has 2 rings (SSSR count). The first kappa shape index (κ1) is 18.5. The number of piperidine rings is 1. The highest BCUT2D eigenvalue weighted by molar-refractivity contribution is 9.11. The molecular formula is C18H23BrN2O3. The normalized spacial score (nSPS) is 15.0. The number of carbonyl (C=O) groups is 2. The van der Waals surface area contributed by atoms with Crippen molar-refractivity contribution in [3.63, 3.8) is 0 Å². The summed E-state index contributed by atoms with van der Waals surface area (Å²) in [7, 11) is 0. The average Bonchev–Trinajstić information content (AvgIpc) is 2.60. The number of hydrogen-bond acceptors (Lipinski definition) is 3. The second-order valence-electron chi connectivity index (χ2n) is 5.80. The Hall–Kier alpha value is -1.82. The smallest absolute Gasteiger partial charge is 0.225 e. The van der Waals surface area contributed by atoms with E-state index in [1.54, 1.807) is 0 Å². The van der Waals surface area contributed by atoms with Crippen molar-refractivity contribution in [3.8, 4) is 5.75 Å². The van der Waals surface area contributed by atoms with Gasteiger partial charge in [-0.15, -0.1) is 0 Å². The Morgan fingerprint density at radius 3 is 2.54 bits per heavy atom. The fourth-order valence-electron chi connectivity index (χ4n) is 2.65. The Kier molecular flexibility index (Phi) is 7.31. The van der Waals surface area contributed by atoms with Crippen LogP contribution in [0.25, 0.3) is 0 Å². The van der Waals surface area contributed by atoms with Crippen molar-refractivity contribution in [2.24, 2.45) is 5.92 Å². The number of para-hydroxylation sites is 1. The molecule has 1 heterocycles. The maximum Gasteiger partial charge on any atom is 0.225 e. The summed E-state index contributed by atoms with van der Waals surface area (Å²) in [5.41, 5.74) is 0. The zero-order chi connectivity index (χ0) is 17.4. The Morgan fingerprint density at radius 2 is 1.92 bits per heavy atom. The number of nitrogens with zero attached hydrogens (tertiary/aromatic N) is 1. The molecule has 1 aliphatic heterocycles. The molecule has 0 unspecified atom stereocenters. The lowest BCUT2D eigenvalue weighted by Crippen LogP contribution is -2.43. The van der Waals surface area contributed by atoms with Crippen LogP contribution in [-0.2, 0) is 9.59 Å². The predicted molar refractivity (Wildman–Crippen MR) is 96.9 cm³/mol. The second-order valence-corrected chi connectivity index (χ2v) is 6.92. The first-order valence-electron chi connectivity index (χ1n) is 8.13. The van der Waals surface area contributed by atoms with Gasteiger partial charge < -0.3 is 15.0 Å². The third-order valence-electron chi connectivity index (χ3n) is 4.00. The molecule has 0 bridgehead atoms. The second kappa shape index (κ2) is 9.47. The van der Waals surface area contributed by atoms with E-state index in [2.05, 4.69) is 27.8 Å². The van der Waals surface area contributed by atoms with E-state index in [0.29, 0.717) is 45.5 Å². The van der Waals surface area contributed by atoms with Gasteiger partial charge >= 0.3 is 0 Å². The highest BCUT2D eigenvalue weighted by Crippen LogP contribution is 2.18. The van der Waals surface area contributed by atoms with Crippen LogP contribution in [0.5, 0.6) is 5.75 Å². The molecular weight excluding hydrogens is 372 g/mol. The van der Waals surface area contributed by atoms with Crippen LogP contribution >= 0.6 is 15.9 Å². The lowest BCUT2D eigenvalue weighted by atomic mass is 9.95. The Labute approximate surface area is 151 Å². The summed E-state index contributed by atoms with van der Waals surface area (Å²) in [5.74, 6) is 0.865. The van der Waals surface area contributed by atoms with Crippen molar-refractivity contribution >= 4 is 27.7 Å². The Morgan fingerprint density at radius 1 is 1.25 bits per heavy atom. The van der Waals surface area contributed by atoms with Crippen LogP contribution in [0.3, 0.4) is 0 Å². The molecule has 0 aromatic heterocycles. The van der Waals surface area contributed by atoms with E-state index in [0.717, 1.165) is 10.2 Å². The SMILES string of the molecule is C=C(Br)CNC(=O)C1CCN(C(=O)CCOc2ccccc2)CC1. The van der Waals surface area contributed by atoms with E-state index in [1.807, 2.05) is 35.2 Å². The molecule has 1 saturated heterocycles. The minimum Gasteiger partial charge on any atom is -0.493 e. The molecule has 0 aliphatic carbocycles. The van der Waals surface area contributed by atoms with Crippen molar-refractivity contribution in [2.45, 2.75) is 19.3 Å². The number of likely N-dealkylation sites (tertiary alicyclic amines) is 1. The average molecular weight is 395 g/mol. The molecule has 0 saturated carbocycles. The zero-order valence-corrected chi connectivity index (χ0v) is 15.3. The molecule has 1 aromatic carbocycles. The van der Waals surface area contributed by atoms with Crippen molar-refractivity contribution in [1.29, 1.82) is 0 Å². The van der Waals surface area contributed by atoms with Crippen molar-refractivity contribution in [1.82, 2.24) is 10.2 Å². The maximum atomic E-state index is 12.2. The van der Waals surface area contributed by atoms with Gasteiger partial charge in [-0.2, -0.15) is 0 Å². The standard InChI is InChI=1S/C18H23BrN2O3/c1-14(19)13-20-18(23)15-7-10-21(11-8-15)17(22)9-12-24-16-5-3-2-4-6-16/h2-6,15H,1,7-13H2,(H,20,23). The van der Waals surface area contributed by atoms with E-state index < -0.39 is 0 Å². The van der Waals surface area contributed by atoms with Crippen LogP contribution < -0.4 is 10.1 Å². The number of hydrogen-bond donors (Lipinski definition) is 1. The van der Waals surface area contributed by atoms with E-state index in [9.17, 15) is 9.59 Å². The molecule has 2 amide bonds. The topological polar surface area (TPSA) is 58.6 Å². The van der Waals surface area contributed by atoms with Gasteiger partial charge in [0.15, 0.2) is 0 Å². The highest BCUT2D eigenvalue weighted by atomic mass is 79.9. The first-order chi connectivity index (χ1) is 11.6. The van der Waals surface area contributed by atoms with Crippen LogP contribution in [0.1, 0.15) is 19.3 Å². The van der Waals surface area contributed by atoms with Crippen molar-refractivity contribution in [2.75, 3.05) is 26.2 Å². The molecule has 0 atom stereocenters. The molecule has 1 fully saturated rings. The molecule has 0 radical (unpaired) electrons. The van der Waals surface area contributed by atoms with Crippen LogP contribution in [0.4, 0.5) is 0 Å². The minimum absolute atomic E-state index is 0.0264. The summed E-state index contributed by atoms with van der Waals surface area (Å²) < 4.78 is 6.31. The van der Waals surface area contributed by atoms with Gasteiger partial charge in [-0.3, -0.25) is 9.59 Å². The summed E-state index contributed by atoms with van der Waals surface area (Å²) in [5, 5.41) is 2.84.